The summed E-state index contributed by atoms with van der Waals surface area (Å²) in [5.41, 5.74) is 0. The summed E-state index contributed by atoms with van der Waals surface area (Å²) in [6.45, 7) is 0. The summed E-state index contributed by atoms with van der Waals surface area (Å²) in [5.74, 6) is 1.07. The van der Waals surface area contributed by atoms with Crippen LogP contribution in [0.2, 0.25) is 6.04 Å². The van der Waals surface area contributed by atoms with E-state index in [1.165, 1.54) is 193 Å². The molecular formula is C32H66Cl2SSi. The molecule has 0 amide bonds. The van der Waals surface area contributed by atoms with Gasteiger partial charge in [-0.2, -0.15) is 34.8 Å². The molecule has 0 N–H and O–H groups in total. The van der Waals surface area contributed by atoms with Gasteiger partial charge in [-0.15, -0.1) is 0 Å². The van der Waals surface area contributed by atoms with Gasteiger partial charge in [-0.3, -0.25) is 0 Å². The van der Waals surface area contributed by atoms with E-state index in [4.69, 9.17) is 22.2 Å². The standard InChI is InChI=1S/C32H66Cl2SSi/c33-36(34)32-30-28-26-24-22-20-18-16-14-12-10-8-6-4-2-1-3-5-7-9-11-13-15-17-19-21-23-25-27-29-31-35/h35-36H,1-32H2. The fourth-order valence-corrected chi connectivity index (χ4v) is 7.11. The SMILES string of the molecule is SCCCCCCCCCCCCCCCCCCCCCCCCCCCCCCCC[SiH](Cl)Cl. The maximum atomic E-state index is 5.90. The average Bonchev–Trinajstić information content (AvgIpc) is 2.87. The van der Waals surface area contributed by atoms with Crippen LogP contribution in [0.4, 0.5) is 0 Å². The molecule has 4 heteroatoms. The summed E-state index contributed by atoms with van der Waals surface area (Å²) in [6, 6.07) is 1.10. The number of rotatable bonds is 32. The Balaban J connectivity index is 3.01. The van der Waals surface area contributed by atoms with E-state index in [-0.39, 0.29) is 0 Å². The van der Waals surface area contributed by atoms with Crippen LogP contribution in [0.3, 0.4) is 0 Å². The molecule has 0 spiro atoms. The molecule has 0 unspecified atom stereocenters. The second kappa shape index (κ2) is 34.2. The van der Waals surface area contributed by atoms with Gasteiger partial charge in [0.2, 0.25) is 7.42 Å². The van der Waals surface area contributed by atoms with Crippen LogP contribution in [0.1, 0.15) is 193 Å². The number of unbranched alkanes of at least 4 members (excludes halogenated alkanes) is 29. The van der Waals surface area contributed by atoms with Crippen LogP contribution in [-0.2, 0) is 0 Å². The van der Waals surface area contributed by atoms with Crippen LogP contribution in [0.5, 0.6) is 0 Å². The molecule has 0 fully saturated rings. The highest BCUT2D eigenvalue weighted by Gasteiger charge is 2.01. The van der Waals surface area contributed by atoms with Crippen molar-refractivity contribution >= 4 is 42.2 Å². The maximum absolute atomic E-state index is 5.90. The Labute approximate surface area is 245 Å². The smallest absolute Gasteiger partial charge is 0.179 e. The summed E-state index contributed by atoms with van der Waals surface area (Å²) in [5, 5.41) is 0. The first kappa shape index (κ1) is 37.1. The molecule has 0 aromatic rings. The molecule has 36 heavy (non-hydrogen) atoms. The molecule has 0 rings (SSSR count). The van der Waals surface area contributed by atoms with Crippen LogP contribution in [0.25, 0.3) is 0 Å². The minimum Gasteiger partial charge on any atom is -0.179 e. The molecule has 0 atom stereocenters. The normalized spacial score (nSPS) is 11.7. The Morgan fingerprint density at radius 3 is 0.611 bits per heavy atom. The van der Waals surface area contributed by atoms with E-state index in [1.807, 2.05) is 0 Å². The first-order valence-electron chi connectivity index (χ1n) is 16.7. The van der Waals surface area contributed by atoms with E-state index in [2.05, 4.69) is 12.6 Å². The van der Waals surface area contributed by atoms with Crippen molar-refractivity contribution in [3.05, 3.63) is 0 Å². The van der Waals surface area contributed by atoms with Crippen molar-refractivity contribution in [1.29, 1.82) is 0 Å². The molecule has 0 aliphatic rings. The quantitative estimate of drug-likeness (QED) is 0.0347. The Bertz CT molecular complexity index is 381. The summed E-state index contributed by atoms with van der Waals surface area (Å²) >= 11 is 16.1. The molecule has 0 bridgehead atoms. The van der Waals surface area contributed by atoms with E-state index in [0.717, 1.165) is 11.8 Å². The fourth-order valence-electron chi connectivity index (χ4n) is 5.36. The lowest BCUT2D eigenvalue weighted by molar-refractivity contribution is 0.513. The summed E-state index contributed by atoms with van der Waals surface area (Å²) in [4.78, 5) is 0. The van der Waals surface area contributed by atoms with Gasteiger partial charge in [0.1, 0.15) is 0 Å². The van der Waals surface area contributed by atoms with Gasteiger partial charge in [0.05, 0.1) is 0 Å². The zero-order valence-electron chi connectivity index (χ0n) is 24.4. The Morgan fingerprint density at radius 1 is 0.278 bits per heavy atom. The van der Waals surface area contributed by atoms with Gasteiger partial charge >= 0.3 is 0 Å². The van der Waals surface area contributed by atoms with E-state index in [9.17, 15) is 0 Å². The van der Waals surface area contributed by atoms with Crippen LogP contribution in [-0.4, -0.2) is 13.2 Å². The van der Waals surface area contributed by atoms with Crippen LogP contribution >= 0.6 is 34.8 Å². The van der Waals surface area contributed by atoms with E-state index < -0.39 is 7.42 Å². The number of thiol groups is 1. The third-order valence-corrected chi connectivity index (χ3v) is 10.3. The zero-order valence-corrected chi connectivity index (χ0v) is 28.0. The summed E-state index contributed by atoms with van der Waals surface area (Å²) in [6.07, 6.45) is 43.3. The predicted molar refractivity (Wildman–Crippen MR) is 176 cm³/mol. The molecule has 0 heterocycles. The lowest BCUT2D eigenvalue weighted by Gasteiger charge is -2.05. The molecule has 0 aliphatic carbocycles. The lowest BCUT2D eigenvalue weighted by atomic mass is 10.0. The topological polar surface area (TPSA) is 0 Å². The lowest BCUT2D eigenvalue weighted by Crippen LogP contribution is -1.91. The van der Waals surface area contributed by atoms with Crippen molar-refractivity contribution < 1.29 is 0 Å². The highest BCUT2D eigenvalue weighted by Crippen LogP contribution is 2.17. The van der Waals surface area contributed by atoms with E-state index >= 15 is 0 Å². The molecule has 0 saturated heterocycles. The second-order valence-electron chi connectivity index (χ2n) is 11.5. The van der Waals surface area contributed by atoms with Crippen LogP contribution in [0, 0.1) is 0 Å². The minimum absolute atomic E-state index is 1.07. The van der Waals surface area contributed by atoms with Crippen molar-refractivity contribution in [2.75, 3.05) is 5.75 Å². The van der Waals surface area contributed by atoms with Crippen molar-refractivity contribution in [3.63, 3.8) is 0 Å². The minimum atomic E-state index is -1.34. The monoisotopic (exact) mass is 580 g/mol. The van der Waals surface area contributed by atoms with Gasteiger partial charge in [0.15, 0.2) is 0 Å². The fraction of sp³-hybridized carbons (Fsp3) is 1.00. The molecule has 0 radical (unpaired) electrons. The van der Waals surface area contributed by atoms with Gasteiger partial charge < -0.3 is 0 Å². The van der Waals surface area contributed by atoms with Crippen molar-refractivity contribution in [3.8, 4) is 0 Å². The van der Waals surface area contributed by atoms with Crippen molar-refractivity contribution in [2.24, 2.45) is 0 Å². The molecule has 0 aromatic heterocycles. The first-order chi connectivity index (χ1) is 17.8. The first-order valence-corrected chi connectivity index (χ1v) is 21.6. The van der Waals surface area contributed by atoms with Crippen molar-refractivity contribution in [2.45, 2.75) is 199 Å². The molecule has 0 aromatic carbocycles. The van der Waals surface area contributed by atoms with E-state index in [0.29, 0.717) is 0 Å². The molecule has 0 saturated carbocycles. The van der Waals surface area contributed by atoms with Gasteiger partial charge in [0.25, 0.3) is 0 Å². The Morgan fingerprint density at radius 2 is 0.444 bits per heavy atom. The Hall–Kier alpha value is 1.15. The predicted octanol–water partition coefficient (Wildman–Crippen LogP) is 13.3. The third kappa shape index (κ3) is 35.1. The number of hydrogen-bond donors (Lipinski definition) is 1. The molecule has 218 valence electrons. The largest absolute Gasteiger partial charge is 0.237 e. The summed E-state index contributed by atoms with van der Waals surface area (Å²) < 4.78 is 0. The Kier molecular flexibility index (Phi) is 35.3. The van der Waals surface area contributed by atoms with Gasteiger partial charge in [-0.05, 0) is 18.2 Å². The number of hydrogen-bond acceptors (Lipinski definition) is 1. The maximum Gasteiger partial charge on any atom is 0.237 e. The molecular weight excluding hydrogens is 515 g/mol. The second-order valence-corrected chi connectivity index (χ2v) is 17.1. The van der Waals surface area contributed by atoms with Crippen molar-refractivity contribution in [1.82, 2.24) is 0 Å². The average molecular weight is 582 g/mol. The molecule has 0 aliphatic heterocycles. The third-order valence-electron chi connectivity index (χ3n) is 7.83. The molecule has 0 nitrogen and oxygen atoms in total. The van der Waals surface area contributed by atoms with Crippen LogP contribution in [0.15, 0.2) is 0 Å². The van der Waals surface area contributed by atoms with Gasteiger partial charge in [-0.1, -0.05) is 186 Å². The van der Waals surface area contributed by atoms with E-state index in [1.54, 1.807) is 0 Å². The van der Waals surface area contributed by atoms with Crippen LogP contribution < -0.4 is 0 Å². The number of halogens is 2. The highest BCUT2D eigenvalue weighted by molar-refractivity contribution is 7.80. The zero-order chi connectivity index (χ0) is 26.2. The van der Waals surface area contributed by atoms with Gasteiger partial charge in [-0.25, -0.2) is 0 Å². The van der Waals surface area contributed by atoms with Gasteiger partial charge in [0, 0.05) is 0 Å². The summed E-state index contributed by atoms with van der Waals surface area (Å²) in [7, 11) is -1.34. The highest BCUT2D eigenvalue weighted by atomic mass is 35.7.